The molecule has 4 heteroatoms. The maximum absolute atomic E-state index is 5.50. The van der Waals surface area contributed by atoms with E-state index >= 15 is 0 Å². The molecule has 0 saturated heterocycles. The van der Waals surface area contributed by atoms with Crippen molar-refractivity contribution in [2.24, 2.45) is 0 Å². The molecule has 2 N–H and O–H groups in total. The number of nitrogens with one attached hydrogen (secondary N) is 2. The SMILES string of the molecule is c1ccc2c3c(ccc2c1)-c1cc2[nH]c(cc4nc(cc5[nH]c(cc-3n1)c1ccc3ccccc3c51)-c1ccc3ccccc3c1-4)c1ccc3ccccc3c21. The summed E-state index contributed by atoms with van der Waals surface area (Å²) in [7, 11) is 0. The molecule has 0 amide bonds. The lowest BCUT2D eigenvalue weighted by molar-refractivity contribution is 1.40. The first kappa shape index (κ1) is 29.8. The highest BCUT2D eigenvalue weighted by atomic mass is 14.8. The lowest BCUT2D eigenvalue weighted by atomic mass is 9.96. The van der Waals surface area contributed by atoms with E-state index in [0.29, 0.717) is 0 Å². The topological polar surface area (TPSA) is 57.4 Å². The van der Waals surface area contributed by atoms with Gasteiger partial charge in [0.15, 0.2) is 0 Å². The summed E-state index contributed by atoms with van der Waals surface area (Å²) in [6.07, 6.45) is 0. The fourth-order valence-corrected chi connectivity index (χ4v) is 9.56. The Balaban J connectivity index is 1.28. The lowest BCUT2D eigenvalue weighted by Gasteiger charge is -2.05. The molecule has 8 bridgehead atoms. The van der Waals surface area contributed by atoms with Gasteiger partial charge in [-0.05, 0) is 67.4 Å². The number of H-pyrrole nitrogens is 2. The number of nitrogens with zero attached hydrogens (tertiary/aromatic N) is 2. The molecule has 13 rings (SSSR count). The molecular weight excluding hydrogens is 681 g/mol. The molecule has 0 aliphatic carbocycles. The average Bonchev–Trinajstić information content (AvgIpc) is 3.99. The minimum atomic E-state index is 0.935. The summed E-state index contributed by atoms with van der Waals surface area (Å²) in [5.41, 5.74) is 12.4. The highest BCUT2D eigenvalue weighted by Crippen LogP contribution is 2.45. The van der Waals surface area contributed by atoms with Gasteiger partial charge < -0.3 is 9.97 Å². The Hall–Kier alpha value is -7.56. The van der Waals surface area contributed by atoms with Crippen LogP contribution in [0.25, 0.3) is 132 Å². The Kier molecular flexibility index (Phi) is 5.86. The number of hydrogen-bond acceptors (Lipinski definition) is 2. The molecule has 5 heterocycles. The normalized spacial score (nSPS) is 12.3. The van der Waals surface area contributed by atoms with Crippen LogP contribution >= 0.6 is 0 Å². The highest BCUT2D eigenvalue weighted by Gasteiger charge is 2.23. The molecule has 0 atom stereocenters. The van der Waals surface area contributed by atoms with E-state index in [9.17, 15) is 0 Å². The van der Waals surface area contributed by atoms with E-state index in [1.807, 2.05) is 0 Å². The average molecular weight is 711 g/mol. The van der Waals surface area contributed by atoms with Gasteiger partial charge in [0.2, 0.25) is 0 Å². The third kappa shape index (κ3) is 4.13. The van der Waals surface area contributed by atoms with E-state index in [0.717, 1.165) is 77.9 Å². The third-order valence-corrected chi connectivity index (χ3v) is 12.0. The van der Waals surface area contributed by atoms with Gasteiger partial charge >= 0.3 is 0 Å². The molecule has 8 aromatic carbocycles. The maximum atomic E-state index is 5.50. The van der Waals surface area contributed by atoms with E-state index in [1.54, 1.807) is 0 Å². The van der Waals surface area contributed by atoms with Crippen LogP contribution in [0.5, 0.6) is 0 Å². The van der Waals surface area contributed by atoms with Gasteiger partial charge in [-0.3, -0.25) is 0 Å². The third-order valence-electron chi connectivity index (χ3n) is 12.0. The molecule has 2 aliphatic rings. The molecule has 0 radical (unpaired) electrons. The molecule has 0 spiro atoms. The summed E-state index contributed by atoms with van der Waals surface area (Å²) in [6.45, 7) is 0. The molecule has 11 aromatic rings. The lowest BCUT2D eigenvalue weighted by Crippen LogP contribution is -1.81. The van der Waals surface area contributed by atoms with E-state index < -0.39 is 0 Å². The van der Waals surface area contributed by atoms with E-state index in [4.69, 9.17) is 9.97 Å². The van der Waals surface area contributed by atoms with Crippen molar-refractivity contribution in [1.29, 1.82) is 0 Å². The van der Waals surface area contributed by atoms with Crippen LogP contribution in [0.3, 0.4) is 0 Å². The van der Waals surface area contributed by atoms with Crippen LogP contribution in [0, 0.1) is 0 Å². The second-order valence-corrected chi connectivity index (χ2v) is 15.1. The van der Waals surface area contributed by atoms with Gasteiger partial charge in [0.1, 0.15) is 0 Å². The number of hydrogen-bond donors (Lipinski definition) is 2. The number of fused-ring (bicyclic) bond motifs is 28. The summed E-state index contributed by atoms with van der Waals surface area (Å²) in [5, 5.41) is 14.3. The van der Waals surface area contributed by atoms with Crippen LogP contribution in [0.4, 0.5) is 0 Å². The molecular formula is C52H30N4. The van der Waals surface area contributed by atoms with E-state index in [-0.39, 0.29) is 0 Å². The van der Waals surface area contributed by atoms with Crippen LogP contribution in [-0.4, -0.2) is 19.9 Å². The van der Waals surface area contributed by atoms with Crippen molar-refractivity contribution in [3.63, 3.8) is 0 Å². The van der Waals surface area contributed by atoms with Crippen LogP contribution in [-0.2, 0) is 0 Å². The fraction of sp³-hybridized carbons (Fsp3) is 0. The van der Waals surface area contributed by atoms with E-state index in [2.05, 4.69) is 180 Å². The fourth-order valence-electron chi connectivity index (χ4n) is 9.56. The van der Waals surface area contributed by atoms with Crippen LogP contribution in [0.2, 0.25) is 0 Å². The summed E-state index contributed by atoms with van der Waals surface area (Å²) in [4.78, 5) is 18.8. The molecule has 258 valence electrons. The first-order valence-electron chi connectivity index (χ1n) is 19.2. The van der Waals surface area contributed by atoms with E-state index in [1.165, 1.54) is 53.9 Å². The molecule has 3 aromatic heterocycles. The van der Waals surface area contributed by atoms with Gasteiger partial charge in [0.25, 0.3) is 0 Å². The van der Waals surface area contributed by atoms with Gasteiger partial charge in [0.05, 0.1) is 22.8 Å². The monoisotopic (exact) mass is 710 g/mol. The summed E-state index contributed by atoms with van der Waals surface area (Å²) < 4.78 is 0. The molecule has 0 saturated carbocycles. The minimum Gasteiger partial charge on any atom is -0.354 e. The number of benzene rings is 8. The zero-order valence-corrected chi connectivity index (χ0v) is 30.1. The number of aromatic nitrogens is 4. The van der Waals surface area contributed by atoms with Crippen molar-refractivity contribution in [2.45, 2.75) is 0 Å². The second kappa shape index (κ2) is 11.0. The second-order valence-electron chi connectivity index (χ2n) is 15.1. The molecule has 4 nitrogen and oxygen atoms in total. The van der Waals surface area contributed by atoms with Crippen molar-refractivity contribution >= 4 is 86.7 Å². The van der Waals surface area contributed by atoms with Crippen molar-refractivity contribution in [3.8, 4) is 45.0 Å². The smallest absolute Gasteiger partial charge is 0.0743 e. The summed E-state index contributed by atoms with van der Waals surface area (Å²) in [6, 6.07) is 61.5. The minimum absolute atomic E-state index is 0.935. The Morgan fingerprint density at radius 3 is 1.09 bits per heavy atom. The molecule has 0 unspecified atom stereocenters. The number of aromatic amines is 2. The van der Waals surface area contributed by atoms with Crippen LogP contribution in [0.15, 0.2) is 170 Å². The van der Waals surface area contributed by atoms with Crippen molar-refractivity contribution in [2.75, 3.05) is 0 Å². The maximum Gasteiger partial charge on any atom is 0.0743 e. The zero-order valence-electron chi connectivity index (χ0n) is 30.1. The predicted molar refractivity (Wildman–Crippen MR) is 235 cm³/mol. The van der Waals surface area contributed by atoms with Gasteiger partial charge in [0, 0.05) is 65.9 Å². The standard InChI is InChI=1S/C52H30N4/c1-5-13-33-29(9-1)17-21-37-41-26-46-51-35-15-7-3-11-31(35)19-23-39(51)43(55-46)28-48-52-36-16-8-4-12-32(36)20-24-40(52)44(56-48)27-47-50-34-14-6-2-10-30(34)18-22-38(50)42(54-47)25-45(53-41)49(33)37/h1-28,53,56H. The summed E-state index contributed by atoms with van der Waals surface area (Å²) in [5.74, 6) is 0. The van der Waals surface area contributed by atoms with Crippen molar-refractivity contribution < 1.29 is 0 Å². The first-order valence-corrected chi connectivity index (χ1v) is 19.2. The Morgan fingerprint density at radius 1 is 0.286 bits per heavy atom. The zero-order chi connectivity index (χ0) is 36.5. The Labute approximate surface area is 320 Å². The highest BCUT2D eigenvalue weighted by molar-refractivity contribution is 6.23. The Bertz CT molecular complexity index is 3470. The van der Waals surface area contributed by atoms with Crippen LogP contribution in [0.1, 0.15) is 0 Å². The van der Waals surface area contributed by atoms with Gasteiger partial charge in [-0.15, -0.1) is 0 Å². The number of rotatable bonds is 0. The Morgan fingerprint density at radius 2 is 0.643 bits per heavy atom. The van der Waals surface area contributed by atoms with Gasteiger partial charge in [-0.25, -0.2) is 9.97 Å². The van der Waals surface area contributed by atoms with Gasteiger partial charge in [-0.2, -0.15) is 0 Å². The first-order chi connectivity index (χ1) is 27.7. The van der Waals surface area contributed by atoms with Crippen molar-refractivity contribution in [1.82, 2.24) is 19.9 Å². The molecule has 0 fully saturated rings. The molecule has 2 aliphatic heterocycles. The predicted octanol–water partition coefficient (Wildman–Crippen LogP) is 13.9. The van der Waals surface area contributed by atoms with Gasteiger partial charge in [-0.1, -0.05) is 146 Å². The summed E-state index contributed by atoms with van der Waals surface area (Å²) >= 11 is 0. The van der Waals surface area contributed by atoms with Crippen molar-refractivity contribution in [3.05, 3.63) is 170 Å². The molecule has 56 heavy (non-hydrogen) atoms. The quantitative estimate of drug-likeness (QED) is 0.165. The largest absolute Gasteiger partial charge is 0.354 e. The van der Waals surface area contributed by atoms with Crippen LogP contribution < -0.4 is 0 Å².